The van der Waals surface area contributed by atoms with Crippen molar-refractivity contribution in [3.05, 3.63) is 40.2 Å². The maximum absolute atomic E-state index is 11.9. The fourth-order valence-corrected chi connectivity index (χ4v) is 2.86. The van der Waals surface area contributed by atoms with E-state index < -0.39 is 5.91 Å². The lowest BCUT2D eigenvalue weighted by molar-refractivity contribution is -0.122. The Balaban J connectivity index is 1.72. The molecule has 0 aliphatic rings. The van der Waals surface area contributed by atoms with Crippen molar-refractivity contribution in [3.8, 4) is 5.75 Å². The molecule has 0 aliphatic heterocycles. The summed E-state index contributed by atoms with van der Waals surface area (Å²) in [6.07, 6.45) is 1.76. The summed E-state index contributed by atoms with van der Waals surface area (Å²) in [6.45, 7) is 1.92. The molecular weight excluding hydrogens is 328 g/mol. The fraction of sp³-hybridized carbons (Fsp3) is 0.294. The van der Waals surface area contributed by atoms with E-state index in [9.17, 15) is 19.5 Å². The summed E-state index contributed by atoms with van der Waals surface area (Å²) in [5, 5.41) is 12.0. The van der Waals surface area contributed by atoms with Gasteiger partial charge < -0.3 is 10.4 Å². The number of nitrogens with one attached hydrogen (secondary N) is 1. The number of Topliss-reactive ketones (excluding diaryl/α,β-unsaturated/α-hetero) is 2. The minimum atomic E-state index is -0.405. The molecule has 2 heterocycles. The van der Waals surface area contributed by atoms with Gasteiger partial charge in [-0.3, -0.25) is 14.4 Å². The molecule has 0 radical (unpaired) electrons. The number of aromatic nitrogens is 1. The summed E-state index contributed by atoms with van der Waals surface area (Å²) >= 11 is 1.41. The molecule has 0 atom stereocenters. The second kappa shape index (κ2) is 8.35. The van der Waals surface area contributed by atoms with E-state index in [2.05, 4.69) is 10.3 Å². The SMILES string of the molecule is Cc1ccc(C(=O)CCC(=O)CCC(=O)Nc2ncccc2O)s1. The second-order valence-electron chi connectivity index (χ2n) is 5.29. The maximum atomic E-state index is 11.9. The summed E-state index contributed by atoms with van der Waals surface area (Å²) < 4.78 is 0. The number of anilines is 1. The van der Waals surface area contributed by atoms with Crippen molar-refractivity contribution in [2.24, 2.45) is 0 Å². The Morgan fingerprint density at radius 1 is 1.12 bits per heavy atom. The number of carbonyl (C=O) groups excluding carboxylic acids is 3. The predicted molar refractivity (Wildman–Crippen MR) is 91.4 cm³/mol. The van der Waals surface area contributed by atoms with Crippen molar-refractivity contribution >= 4 is 34.6 Å². The Morgan fingerprint density at radius 2 is 1.88 bits per heavy atom. The van der Waals surface area contributed by atoms with Crippen LogP contribution in [0.3, 0.4) is 0 Å². The zero-order chi connectivity index (χ0) is 17.5. The van der Waals surface area contributed by atoms with Gasteiger partial charge >= 0.3 is 0 Å². The van der Waals surface area contributed by atoms with Crippen LogP contribution in [0.5, 0.6) is 5.75 Å². The molecule has 0 aliphatic carbocycles. The van der Waals surface area contributed by atoms with Crippen LogP contribution in [0, 0.1) is 6.92 Å². The fourth-order valence-electron chi connectivity index (χ4n) is 2.03. The van der Waals surface area contributed by atoms with Crippen molar-refractivity contribution in [2.45, 2.75) is 32.6 Å². The van der Waals surface area contributed by atoms with Crippen LogP contribution in [0.1, 0.15) is 40.2 Å². The van der Waals surface area contributed by atoms with Crippen LogP contribution >= 0.6 is 11.3 Å². The van der Waals surface area contributed by atoms with Gasteiger partial charge in [0.1, 0.15) is 5.78 Å². The minimum absolute atomic E-state index is 0.0127. The topological polar surface area (TPSA) is 96.4 Å². The minimum Gasteiger partial charge on any atom is -0.504 e. The van der Waals surface area contributed by atoms with Gasteiger partial charge in [-0.1, -0.05) is 0 Å². The zero-order valence-corrected chi connectivity index (χ0v) is 14.1. The molecule has 0 saturated carbocycles. The van der Waals surface area contributed by atoms with Crippen LogP contribution < -0.4 is 5.32 Å². The number of amides is 1. The van der Waals surface area contributed by atoms with E-state index in [1.807, 2.05) is 13.0 Å². The molecular formula is C17H18N2O4S. The number of aryl methyl sites for hydroxylation is 1. The Kier molecular flexibility index (Phi) is 6.20. The number of rotatable bonds is 8. The lowest BCUT2D eigenvalue weighted by atomic mass is 10.1. The molecule has 126 valence electrons. The number of thiophene rings is 1. The second-order valence-corrected chi connectivity index (χ2v) is 6.58. The molecule has 0 fully saturated rings. The molecule has 2 rings (SSSR count). The summed E-state index contributed by atoms with van der Waals surface area (Å²) in [5.74, 6) is -0.661. The first-order chi connectivity index (χ1) is 11.5. The van der Waals surface area contributed by atoms with Gasteiger partial charge in [-0.25, -0.2) is 4.98 Å². The van der Waals surface area contributed by atoms with E-state index in [-0.39, 0.29) is 48.8 Å². The normalized spacial score (nSPS) is 10.4. The highest BCUT2D eigenvalue weighted by atomic mass is 32.1. The first-order valence-electron chi connectivity index (χ1n) is 7.51. The lowest BCUT2D eigenvalue weighted by Gasteiger charge is -2.05. The average molecular weight is 346 g/mol. The highest BCUT2D eigenvalue weighted by Crippen LogP contribution is 2.19. The first kappa shape index (κ1) is 17.8. The molecule has 6 nitrogen and oxygen atoms in total. The van der Waals surface area contributed by atoms with Crippen LogP contribution in [0.15, 0.2) is 30.5 Å². The number of pyridine rings is 1. The largest absolute Gasteiger partial charge is 0.504 e. The summed E-state index contributed by atoms with van der Waals surface area (Å²) in [7, 11) is 0. The maximum Gasteiger partial charge on any atom is 0.226 e. The highest BCUT2D eigenvalue weighted by molar-refractivity contribution is 7.14. The van der Waals surface area contributed by atoms with E-state index in [0.29, 0.717) is 4.88 Å². The van der Waals surface area contributed by atoms with Gasteiger partial charge in [-0.2, -0.15) is 0 Å². The van der Waals surface area contributed by atoms with Crippen LogP contribution in [0.2, 0.25) is 0 Å². The van der Waals surface area contributed by atoms with E-state index in [0.717, 1.165) is 4.88 Å². The van der Waals surface area contributed by atoms with Gasteiger partial charge in [0, 0.05) is 36.8 Å². The van der Waals surface area contributed by atoms with Crippen LogP contribution in [-0.2, 0) is 9.59 Å². The Labute approximate surface area is 143 Å². The predicted octanol–water partition coefficient (Wildman–Crippen LogP) is 3.11. The standard InChI is InChI=1S/C17H18N2O4S/c1-11-4-8-15(24-11)13(21)7-5-12(20)6-9-16(23)19-17-14(22)3-2-10-18-17/h2-4,8,10,22H,5-7,9H2,1H3,(H,18,19,23). The molecule has 0 unspecified atom stereocenters. The Morgan fingerprint density at radius 3 is 2.54 bits per heavy atom. The number of hydrogen-bond donors (Lipinski definition) is 2. The lowest BCUT2D eigenvalue weighted by Crippen LogP contribution is -2.14. The van der Waals surface area contributed by atoms with Crippen molar-refractivity contribution in [2.75, 3.05) is 5.32 Å². The quantitative estimate of drug-likeness (QED) is 0.716. The van der Waals surface area contributed by atoms with Gasteiger partial charge in [0.05, 0.1) is 4.88 Å². The van der Waals surface area contributed by atoms with E-state index >= 15 is 0 Å². The van der Waals surface area contributed by atoms with Gasteiger partial charge in [0.15, 0.2) is 17.4 Å². The van der Waals surface area contributed by atoms with Gasteiger partial charge in [0.25, 0.3) is 0 Å². The Hall–Kier alpha value is -2.54. The van der Waals surface area contributed by atoms with E-state index in [1.54, 1.807) is 12.1 Å². The van der Waals surface area contributed by atoms with Crippen molar-refractivity contribution in [3.63, 3.8) is 0 Å². The molecule has 0 saturated heterocycles. The summed E-state index contributed by atoms with van der Waals surface area (Å²) in [6, 6.07) is 6.59. The van der Waals surface area contributed by atoms with Gasteiger partial charge in [0.2, 0.25) is 5.91 Å². The smallest absolute Gasteiger partial charge is 0.226 e. The molecule has 24 heavy (non-hydrogen) atoms. The molecule has 0 spiro atoms. The molecule has 2 aromatic heterocycles. The molecule has 0 bridgehead atoms. The van der Waals surface area contributed by atoms with Crippen molar-refractivity contribution in [1.82, 2.24) is 4.98 Å². The van der Waals surface area contributed by atoms with E-state index in [4.69, 9.17) is 0 Å². The third-order valence-corrected chi connectivity index (χ3v) is 4.36. The van der Waals surface area contributed by atoms with Gasteiger partial charge in [-0.15, -0.1) is 11.3 Å². The summed E-state index contributed by atoms with van der Waals surface area (Å²) in [5.41, 5.74) is 0. The number of carbonyl (C=O) groups is 3. The number of aromatic hydroxyl groups is 1. The summed E-state index contributed by atoms with van der Waals surface area (Å²) in [4.78, 5) is 41.0. The molecule has 0 aromatic carbocycles. The third-order valence-electron chi connectivity index (χ3n) is 3.32. The van der Waals surface area contributed by atoms with E-state index in [1.165, 1.54) is 23.6 Å². The molecule has 2 aromatic rings. The number of ketones is 2. The number of hydrogen-bond acceptors (Lipinski definition) is 6. The van der Waals surface area contributed by atoms with Crippen LogP contribution in [0.25, 0.3) is 0 Å². The molecule has 1 amide bonds. The first-order valence-corrected chi connectivity index (χ1v) is 8.32. The molecule has 2 N–H and O–H groups in total. The van der Waals surface area contributed by atoms with Crippen LogP contribution in [-0.4, -0.2) is 27.6 Å². The Bertz CT molecular complexity index is 755. The zero-order valence-electron chi connectivity index (χ0n) is 13.2. The van der Waals surface area contributed by atoms with Crippen LogP contribution in [0.4, 0.5) is 5.82 Å². The number of nitrogens with zero attached hydrogens (tertiary/aromatic N) is 1. The third kappa shape index (κ3) is 5.27. The monoisotopic (exact) mass is 346 g/mol. The van der Waals surface area contributed by atoms with Gasteiger partial charge in [-0.05, 0) is 31.2 Å². The van der Waals surface area contributed by atoms with Crippen molar-refractivity contribution < 1.29 is 19.5 Å². The van der Waals surface area contributed by atoms with Crippen molar-refractivity contribution in [1.29, 1.82) is 0 Å². The highest BCUT2D eigenvalue weighted by Gasteiger charge is 2.13. The molecule has 7 heteroatoms. The average Bonchev–Trinajstić information content (AvgIpc) is 2.99.